The second-order valence-electron chi connectivity index (χ2n) is 5.63. The maximum absolute atomic E-state index is 12.3. The SMILES string of the molecule is CC[C@@H](C)CN1C(=O)N[C@@H](Cc2cn(CCOC)nn2)C1=O. The molecule has 0 saturated carbocycles. The molecule has 1 aliphatic heterocycles. The van der Waals surface area contributed by atoms with Crippen molar-refractivity contribution >= 4 is 11.9 Å². The summed E-state index contributed by atoms with van der Waals surface area (Å²) in [5, 5.41) is 10.7. The number of nitrogens with zero attached hydrogens (tertiary/aromatic N) is 4. The molecule has 1 aromatic heterocycles. The van der Waals surface area contributed by atoms with Crippen LogP contribution in [0.1, 0.15) is 26.0 Å². The molecule has 2 rings (SSSR count). The van der Waals surface area contributed by atoms with Gasteiger partial charge in [0.2, 0.25) is 0 Å². The van der Waals surface area contributed by atoms with E-state index < -0.39 is 6.04 Å². The molecular weight excluding hydrogens is 286 g/mol. The van der Waals surface area contributed by atoms with Crippen LogP contribution in [0.5, 0.6) is 0 Å². The molecule has 8 heteroatoms. The minimum atomic E-state index is -0.552. The number of amides is 3. The highest BCUT2D eigenvalue weighted by molar-refractivity contribution is 6.04. The zero-order chi connectivity index (χ0) is 16.1. The van der Waals surface area contributed by atoms with Crippen LogP contribution in [0.2, 0.25) is 0 Å². The molecule has 0 spiro atoms. The molecule has 0 aliphatic carbocycles. The van der Waals surface area contributed by atoms with Gasteiger partial charge in [-0.3, -0.25) is 9.69 Å². The average Bonchev–Trinajstić information content (AvgIpc) is 3.05. The number of carbonyl (C=O) groups excluding carboxylic acids is 2. The van der Waals surface area contributed by atoms with Crippen LogP contribution in [0, 0.1) is 5.92 Å². The van der Waals surface area contributed by atoms with E-state index in [0.717, 1.165) is 6.42 Å². The van der Waals surface area contributed by atoms with E-state index in [2.05, 4.69) is 15.6 Å². The summed E-state index contributed by atoms with van der Waals surface area (Å²) in [5.74, 6) is 0.111. The predicted octanol–water partition coefficient (Wildman–Crippen LogP) is 0.433. The van der Waals surface area contributed by atoms with Gasteiger partial charge in [0.15, 0.2) is 0 Å². The highest BCUT2D eigenvalue weighted by Gasteiger charge is 2.38. The van der Waals surface area contributed by atoms with Crippen LogP contribution in [0.3, 0.4) is 0 Å². The number of carbonyl (C=O) groups is 2. The smallest absolute Gasteiger partial charge is 0.324 e. The largest absolute Gasteiger partial charge is 0.383 e. The molecule has 1 saturated heterocycles. The van der Waals surface area contributed by atoms with Gasteiger partial charge in [0.25, 0.3) is 5.91 Å². The standard InChI is InChI=1S/C14H23N5O3/c1-4-10(2)8-19-13(20)12(15-14(19)21)7-11-9-18(17-16-11)5-6-22-3/h9-10,12H,4-8H2,1-3H3,(H,15,21)/t10-,12+/m1/s1. The minimum absolute atomic E-state index is 0.184. The lowest BCUT2D eigenvalue weighted by molar-refractivity contribution is -0.127. The maximum Gasteiger partial charge on any atom is 0.324 e. The third-order valence-electron chi connectivity index (χ3n) is 3.82. The van der Waals surface area contributed by atoms with Gasteiger partial charge in [0.1, 0.15) is 6.04 Å². The molecule has 1 fully saturated rings. The van der Waals surface area contributed by atoms with Crippen molar-refractivity contribution in [2.75, 3.05) is 20.3 Å². The van der Waals surface area contributed by atoms with Gasteiger partial charge in [0.05, 0.1) is 18.8 Å². The van der Waals surface area contributed by atoms with Crippen molar-refractivity contribution in [1.29, 1.82) is 0 Å². The Hall–Kier alpha value is -1.96. The lowest BCUT2D eigenvalue weighted by Crippen LogP contribution is -2.35. The molecule has 1 aromatic rings. The normalized spacial score (nSPS) is 19.6. The predicted molar refractivity (Wildman–Crippen MR) is 79.1 cm³/mol. The molecule has 2 heterocycles. The number of hydrogen-bond donors (Lipinski definition) is 1. The molecular formula is C14H23N5O3. The first kappa shape index (κ1) is 16.4. The summed E-state index contributed by atoms with van der Waals surface area (Å²) in [6, 6.07) is -0.869. The lowest BCUT2D eigenvalue weighted by atomic mass is 10.1. The van der Waals surface area contributed by atoms with Gasteiger partial charge in [-0.05, 0) is 5.92 Å². The molecule has 0 unspecified atom stereocenters. The van der Waals surface area contributed by atoms with Gasteiger partial charge in [-0.15, -0.1) is 5.10 Å². The van der Waals surface area contributed by atoms with Crippen molar-refractivity contribution in [3.63, 3.8) is 0 Å². The molecule has 3 amide bonds. The van der Waals surface area contributed by atoms with Crippen LogP contribution >= 0.6 is 0 Å². The molecule has 22 heavy (non-hydrogen) atoms. The highest BCUT2D eigenvalue weighted by atomic mass is 16.5. The summed E-state index contributed by atoms with van der Waals surface area (Å²) in [7, 11) is 1.62. The van der Waals surface area contributed by atoms with Crippen LogP contribution in [0.15, 0.2) is 6.20 Å². The Balaban J connectivity index is 1.94. The summed E-state index contributed by atoms with van der Waals surface area (Å²) in [6.07, 6.45) is 3.06. The molecule has 1 aliphatic rings. The zero-order valence-electron chi connectivity index (χ0n) is 13.3. The van der Waals surface area contributed by atoms with Crippen molar-refractivity contribution in [3.05, 3.63) is 11.9 Å². The van der Waals surface area contributed by atoms with Gasteiger partial charge < -0.3 is 10.1 Å². The van der Waals surface area contributed by atoms with E-state index in [9.17, 15) is 9.59 Å². The van der Waals surface area contributed by atoms with Crippen molar-refractivity contribution in [2.45, 2.75) is 39.3 Å². The van der Waals surface area contributed by atoms with E-state index in [1.54, 1.807) is 18.0 Å². The summed E-state index contributed by atoms with van der Waals surface area (Å²) < 4.78 is 6.64. The molecule has 0 radical (unpaired) electrons. The molecule has 2 atom stereocenters. The van der Waals surface area contributed by atoms with Crippen LogP contribution < -0.4 is 5.32 Å². The number of hydrogen-bond acceptors (Lipinski definition) is 5. The van der Waals surface area contributed by atoms with E-state index in [1.807, 2.05) is 13.8 Å². The van der Waals surface area contributed by atoms with E-state index in [4.69, 9.17) is 4.74 Å². The quantitative estimate of drug-likeness (QED) is 0.704. The first-order valence-corrected chi connectivity index (χ1v) is 7.55. The van der Waals surface area contributed by atoms with Gasteiger partial charge in [-0.1, -0.05) is 25.5 Å². The van der Waals surface area contributed by atoms with Crippen molar-refractivity contribution in [1.82, 2.24) is 25.2 Å². The monoisotopic (exact) mass is 309 g/mol. The van der Waals surface area contributed by atoms with E-state index in [0.29, 0.717) is 37.7 Å². The third-order valence-corrected chi connectivity index (χ3v) is 3.82. The Morgan fingerprint density at radius 3 is 2.91 bits per heavy atom. The topological polar surface area (TPSA) is 89.3 Å². The lowest BCUT2D eigenvalue weighted by Gasteiger charge is -2.16. The summed E-state index contributed by atoms with van der Waals surface area (Å²) >= 11 is 0. The summed E-state index contributed by atoms with van der Waals surface area (Å²) in [6.45, 7) is 5.67. The Kier molecular flexibility index (Phi) is 5.48. The number of methoxy groups -OCH3 is 1. The Bertz CT molecular complexity index is 530. The number of rotatable bonds is 8. The summed E-state index contributed by atoms with van der Waals surface area (Å²) in [4.78, 5) is 25.5. The zero-order valence-corrected chi connectivity index (χ0v) is 13.3. The van der Waals surface area contributed by atoms with Gasteiger partial charge in [-0.25, -0.2) is 9.48 Å². The summed E-state index contributed by atoms with van der Waals surface area (Å²) in [5.41, 5.74) is 0.681. The van der Waals surface area contributed by atoms with Gasteiger partial charge in [-0.2, -0.15) is 0 Å². The van der Waals surface area contributed by atoms with Crippen molar-refractivity contribution in [3.8, 4) is 0 Å². The maximum atomic E-state index is 12.3. The number of nitrogens with one attached hydrogen (secondary N) is 1. The van der Waals surface area contributed by atoms with Crippen LogP contribution in [-0.2, 0) is 22.5 Å². The first-order chi connectivity index (χ1) is 10.5. The number of aromatic nitrogens is 3. The van der Waals surface area contributed by atoms with Crippen LogP contribution in [-0.4, -0.2) is 58.1 Å². The minimum Gasteiger partial charge on any atom is -0.383 e. The van der Waals surface area contributed by atoms with Crippen LogP contribution in [0.4, 0.5) is 4.79 Å². The fraction of sp³-hybridized carbons (Fsp3) is 0.714. The Labute approximate surface area is 129 Å². The highest BCUT2D eigenvalue weighted by Crippen LogP contribution is 2.14. The van der Waals surface area contributed by atoms with Gasteiger partial charge in [0, 0.05) is 26.3 Å². The molecule has 122 valence electrons. The van der Waals surface area contributed by atoms with E-state index >= 15 is 0 Å². The molecule has 0 aromatic carbocycles. The average molecular weight is 309 g/mol. The molecule has 8 nitrogen and oxygen atoms in total. The van der Waals surface area contributed by atoms with Crippen molar-refractivity contribution < 1.29 is 14.3 Å². The molecule has 0 bridgehead atoms. The van der Waals surface area contributed by atoms with E-state index in [-0.39, 0.29) is 11.9 Å². The Morgan fingerprint density at radius 2 is 2.23 bits per heavy atom. The first-order valence-electron chi connectivity index (χ1n) is 7.55. The fourth-order valence-corrected chi connectivity index (χ4v) is 2.26. The van der Waals surface area contributed by atoms with Crippen LogP contribution in [0.25, 0.3) is 0 Å². The fourth-order valence-electron chi connectivity index (χ4n) is 2.26. The van der Waals surface area contributed by atoms with E-state index in [1.165, 1.54) is 4.90 Å². The van der Waals surface area contributed by atoms with Crippen molar-refractivity contribution in [2.24, 2.45) is 5.92 Å². The Morgan fingerprint density at radius 1 is 1.45 bits per heavy atom. The second kappa shape index (κ2) is 7.35. The third kappa shape index (κ3) is 3.82. The number of ether oxygens (including phenoxy) is 1. The number of urea groups is 1. The second-order valence-corrected chi connectivity index (χ2v) is 5.63. The molecule has 1 N–H and O–H groups in total. The van der Waals surface area contributed by atoms with Gasteiger partial charge >= 0.3 is 6.03 Å². The number of imide groups is 1.